The largest absolute Gasteiger partial charge is 0.330 e. The van der Waals surface area contributed by atoms with Crippen LogP contribution < -0.4 is 5.73 Å². The number of carbonyl (C=O) groups is 2. The number of benzene rings is 1. The van der Waals surface area contributed by atoms with Crippen molar-refractivity contribution in [1.82, 2.24) is 9.96 Å². The van der Waals surface area contributed by atoms with Crippen LogP contribution in [0.15, 0.2) is 24.3 Å². The van der Waals surface area contributed by atoms with Crippen LogP contribution in [0.2, 0.25) is 0 Å². The van der Waals surface area contributed by atoms with Crippen molar-refractivity contribution in [2.75, 3.05) is 6.54 Å². The summed E-state index contributed by atoms with van der Waals surface area (Å²) in [4.78, 5) is 31.7. The molecule has 2 amide bonds. The number of nitrogens with two attached hydrogens (primary N) is 1. The summed E-state index contributed by atoms with van der Waals surface area (Å²) in [6.07, 6.45) is 0.353. The normalized spacial score (nSPS) is 32.2. The standard InChI is InChI=1S/C14H15N3O3/c15-6-11-5-14(13(19)17(20-14)12(11)18)16-7-9-3-1-2-4-10(9)8-16/h1-4,11H,5-8,15H2. The Morgan fingerprint density at radius 3 is 2.45 bits per heavy atom. The summed E-state index contributed by atoms with van der Waals surface area (Å²) < 4.78 is 0. The summed E-state index contributed by atoms with van der Waals surface area (Å²) in [6.45, 7) is 1.58. The van der Waals surface area contributed by atoms with Gasteiger partial charge in [-0.15, -0.1) is 5.06 Å². The van der Waals surface area contributed by atoms with Crippen LogP contribution in [-0.4, -0.2) is 34.0 Å². The highest BCUT2D eigenvalue weighted by Crippen LogP contribution is 2.46. The van der Waals surface area contributed by atoms with Crippen molar-refractivity contribution in [2.24, 2.45) is 11.7 Å². The van der Waals surface area contributed by atoms with Crippen molar-refractivity contribution >= 4 is 11.8 Å². The van der Waals surface area contributed by atoms with Gasteiger partial charge < -0.3 is 5.73 Å². The smallest absolute Gasteiger partial charge is 0.303 e. The Labute approximate surface area is 116 Å². The molecule has 2 atom stereocenters. The van der Waals surface area contributed by atoms with Crippen molar-refractivity contribution in [3.63, 3.8) is 0 Å². The van der Waals surface area contributed by atoms with E-state index in [-0.39, 0.29) is 24.3 Å². The fraction of sp³-hybridized carbons (Fsp3) is 0.429. The maximum Gasteiger partial charge on any atom is 0.303 e. The molecule has 104 valence electrons. The number of nitrogens with zero attached hydrogens (tertiary/aromatic N) is 2. The summed E-state index contributed by atoms with van der Waals surface area (Å²) in [5.41, 5.74) is 7.05. The molecule has 0 aliphatic carbocycles. The molecule has 6 nitrogen and oxygen atoms in total. The highest BCUT2D eigenvalue weighted by atomic mass is 16.8. The monoisotopic (exact) mass is 273 g/mol. The molecule has 2 bridgehead atoms. The van der Waals surface area contributed by atoms with Crippen molar-refractivity contribution in [3.05, 3.63) is 35.4 Å². The van der Waals surface area contributed by atoms with Gasteiger partial charge in [-0.1, -0.05) is 24.3 Å². The van der Waals surface area contributed by atoms with E-state index in [1.807, 2.05) is 17.0 Å². The number of hydrogen-bond donors (Lipinski definition) is 1. The first-order valence-corrected chi connectivity index (χ1v) is 6.75. The van der Waals surface area contributed by atoms with Gasteiger partial charge in [-0.05, 0) is 11.1 Å². The maximum atomic E-state index is 12.3. The second-order valence-corrected chi connectivity index (χ2v) is 5.57. The number of piperidine rings is 1. The van der Waals surface area contributed by atoms with Gasteiger partial charge in [-0.3, -0.25) is 14.5 Å². The van der Waals surface area contributed by atoms with Crippen molar-refractivity contribution in [3.8, 4) is 0 Å². The highest BCUT2D eigenvalue weighted by Gasteiger charge is 2.67. The first kappa shape index (κ1) is 12.0. The lowest BCUT2D eigenvalue weighted by atomic mass is 9.87. The van der Waals surface area contributed by atoms with Crippen LogP contribution >= 0.6 is 0 Å². The van der Waals surface area contributed by atoms with Crippen LogP contribution in [0.1, 0.15) is 17.5 Å². The molecule has 1 aromatic rings. The summed E-state index contributed by atoms with van der Waals surface area (Å²) in [5, 5.41) is 0.879. The Hall–Kier alpha value is -1.76. The molecular weight excluding hydrogens is 258 g/mol. The number of carbonyl (C=O) groups excluding carboxylic acids is 2. The summed E-state index contributed by atoms with van der Waals surface area (Å²) in [5.74, 6) is -0.888. The second kappa shape index (κ2) is 3.88. The average Bonchev–Trinajstić information content (AvgIpc) is 2.90. The van der Waals surface area contributed by atoms with Crippen molar-refractivity contribution in [1.29, 1.82) is 0 Å². The Bertz CT molecular complexity index is 592. The van der Waals surface area contributed by atoms with E-state index in [1.54, 1.807) is 0 Å². The zero-order valence-corrected chi connectivity index (χ0v) is 10.9. The van der Waals surface area contributed by atoms with Crippen LogP contribution in [0.25, 0.3) is 0 Å². The molecule has 5 rings (SSSR count). The molecule has 3 fully saturated rings. The van der Waals surface area contributed by atoms with Gasteiger partial charge in [0.2, 0.25) is 5.72 Å². The van der Waals surface area contributed by atoms with Gasteiger partial charge in [0.25, 0.3) is 5.91 Å². The van der Waals surface area contributed by atoms with Crippen LogP contribution in [0.5, 0.6) is 0 Å². The SMILES string of the molecule is NCC1CC2(N3Cc4ccccc4C3)ON(C1=O)C2=O. The summed E-state index contributed by atoms with van der Waals surface area (Å²) in [7, 11) is 0. The third kappa shape index (κ3) is 1.33. The van der Waals surface area contributed by atoms with Gasteiger partial charge in [0.15, 0.2) is 0 Å². The summed E-state index contributed by atoms with van der Waals surface area (Å²) >= 11 is 0. The number of hydrogen-bond acceptors (Lipinski definition) is 5. The predicted molar refractivity (Wildman–Crippen MR) is 68.5 cm³/mol. The number of amides is 2. The van der Waals surface area contributed by atoms with Gasteiger partial charge in [0.05, 0.1) is 5.92 Å². The molecule has 3 saturated heterocycles. The quantitative estimate of drug-likeness (QED) is 0.766. The minimum Gasteiger partial charge on any atom is -0.330 e. The Kier molecular flexibility index (Phi) is 2.33. The summed E-state index contributed by atoms with van der Waals surface area (Å²) in [6, 6.07) is 8.09. The van der Waals surface area contributed by atoms with Crippen LogP contribution in [-0.2, 0) is 27.5 Å². The Morgan fingerprint density at radius 2 is 1.90 bits per heavy atom. The van der Waals surface area contributed by atoms with Crippen molar-refractivity contribution < 1.29 is 14.4 Å². The molecule has 2 unspecified atom stereocenters. The molecule has 20 heavy (non-hydrogen) atoms. The van der Waals surface area contributed by atoms with Gasteiger partial charge in [-0.2, -0.15) is 0 Å². The number of rotatable bonds is 2. The van der Waals surface area contributed by atoms with Crippen LogP contribution in [0, 0.1) is 5.92 Å². The lowest BCUT2D eigenvalue weighted by molar-refractivity contribution is -0.356. The fourth-order valence-electron chi connectivity index (χ4n) is 3.30. The number of fused-ring (bicyclic) bond motifs is 3. The van der Waals surface area contributed by atoms with E-state index in [9.17, 15) is 9.59 Å². The fourth-order valence-corrected chi connectivity index (χ4v) is 3.30. The van der Waals surface area contributed by atoms with E-state index >= 15 is 0 Å². The third-order valence-corrected chi connectivity index (χ3v) is 4.47. The number of imide groups is 1. The van der Waals surface area contributed by atoms with E-state index in [0.29, 0.717) is 19.5 Å². The first-order valence-electron chi connectivity index (χ1n) is 6.75. The highest BCUT2D eigenvalue weighted by molar-refractivity contribution is 6.05. The zero-order chi connectivity index (χ0) is 13.9. The Balaban J connectivity index is 1.64. The molecule has 1 aromatic carbocycles. The average molecular weight is 273 g/mol. The van der Waals surface area contributed by atoms with E-state index in [4.69, 9.17) is 10.6 Å². The van der Waals surface area contributed by atoms with Crippen LogP contribution in [0.4, 0.5) is 0 Å². The molecule has 2 N–H and O–H groups in total. The molecule has 0 spiro atoms. The van der Waals surface area contributed by atoms with E-state index < -0.39 is 5.72 Å². The molecule has 0 aromatic heterocycles. The predicted octanol–water partition coefficient (Wildman–Crippen LogP) is -0.0225. The molecule has 4 heterocycles. The minimum atomic E-state index is -0.989. The minimum absolute atomic E-state index is 0.245. The molecular formula is C14H15N3O3. The zero-order valence-electron chi connectivity index (χ0n) is 10.9. The van der Waals surface area contributed by atoms with Gasteiger partial charge in [-0.25, -0.2) is 4.84 Å². The third-order valence-electron chi connectivity index (χ3n) is 4.47. The van der Waals surface area contributed by atoms with Gasteiger partial charge >= 0.3 is 5.91 Å². The molecule has 6 heteroatoms. The van der Waals surface area contributed by atoms with Crippen LogP contribution in [0.3, 0.4) is 0 Å². The maximum absolute atomic E-state index is 12.3. The molecule has 4 aliphatic heterocycles. The van der Waals surface area contributed by atoms with E-state index in [1.165, 1.54) is 11.1 Å². The number of hydroxylamine groups is 2. The van der Waals surface area contributed by atoms with Gasteiger partial charge in [0, 0.05) is 26.1 Å². The molecule has 0 saturated carbocycles. The topological polar surface area (TPSA) is 75.9 Å². The lowest BCUT2D eigenvalue weighted by Crippen LogP contribution is -2.78. The lowest BCUT2D eigenvalue weighted by Gasteiger charge is -2.55. The molecule has 4 aliphatic rings. The second-order valence-electron chi connectivity index (χ2n) is 5.57. The Morgan fingerprint density at radius 1 is 1.25 bits per heavy atom. The van der Waals surface area contributed by atoms with E-state index in [0.717, 1.165) is 5.06 Å². The van der Waals surface area contributed by atoms with E-state index in [2.05, 4.69) is 12.1 Å². The first-order chi connectivity index (χ1) is 9.65. The van der Waals surface area contributed by atoms with Gasteiger partial charge in [0.1, 0.15) is 0 Å². The molecule has 0 radical (unpaired) electrons. The van der Waals surface area contributed by atoms with Crippen molar-refractivity contribution in [2.45, 2.75) is 25.2 Å².